The van der Waals surface area contributed by atoms with Gasteiger partial charge in [-0.25, -0.2) is 4.79 Å². The molecule has 1 aromatic carbocycles. The third-order valence-corrected chi connectivity index (χ3v) is 3.63. The lowest BCUT2D eigenvalue weighted by atomic mass is 10.1. The van der Waals surface area contributed by atoms with Crippen molar-refractivity contribution in [1.82, 2.24) is 9.80 Å². The number of likely N-dealkylation sites (N-methyl/N-ethyl adjacent to an activating group) is 1. The number of carbonyl (C=O) groups is 2. The molecule has 2 amide bonds. The number of hydrogen-bond acceptors (Lipinski definition) is 2. The predicted octanol–water partition coefficient (Wildman–Crippen LogP) is 2.45. The van der Waals surface area contributed by atoms with Crippen molar-refractivity contribution in [2.24, 2.45) is 0 Å². The highest BCUT2D eigenvalue weighted by molar-refractivity contribution is 9.10. The summed E-state index contributed by atoms with van der Waals surface area (Å²) in [7, 11) is 1.77. The van der Waals surface area contributed by atoms with Crippen LogP contribution in [0.2, 0.25) is 0 Å². The second-order valence-corrected chi connectivity index (χ2v) is 5.46. The van der Waals surface area contributed by atoms with Gasteiger partial charge in [-0.2, -0.15) is 0 Å². The van der Waals surface area contributed by atoms with Gasteiger partial charge in [0.25, 0.3) is 0 Å². The van der Waals surface area contributed by atoms with Gasteiger partial charge in [0.05, 0.1) is 12.6 Å². The molecule has 1 fully saturated rings. The number of nitrogens with zero attached hydrogens (tertiary/aromatic N) is 2. The van der Waals surface area contributed by atoms with Crippen molar-refractivity contribution in [2.45, 2.75) is 13.0 Å². The van der Waals surface area contributed by atoms with Gasteiger partial charge in [-0.05, 0) is 24.6 Å². The van der Waals surface area contributed by atoms with Crippen molar-refractivity contribution in [3.8, 4) is 0 Å². The summed E-state index contributed by atoms with van der Waals surface area (Å²) < 4.78 is 1.01. The van der Waals surface area contributed by atoms with Gasteiger partial charge in [-0.15, -0.1) is 0 Å². The number of hydrogen-bond donors (Lipinski definition) is 0. The van der Waals surface area contributed by atoms with E-state index >= 15 is 0 Å². The van der Waals surface area contributed by atoms with Crippen molar-refractivity contribution in [3.63, 3.8) is 0 Å². The van der Waals surface area contributed by atoms with E-state index in [-0.39, 0.29) is 24.4 Å². The Morgan fingerprint density at radius 1 is 1.39 bits per heavy atom. The third-order valence-electron chi connectivity index (χ3n) is 3.10. The fourth-order valence-electron chi connectivity index (χ4n) is 2.18. The summed E-state index contributed by atoms with van der Waals surface area (Å²) in [6.07, 6.45) is 0. The summed E-state index contributed by atoms with van der Waals surface area (Å²) in [4.78, 5) is 26.4. The molecule has 0 bridgehead atoms. The van der Waals surface area contributed by atoms with E-state index in [1.165, 1.54) is 6.92 Å². The molecular weight excluding hydrogens is 296 g/mol. The van der Waals surface area contributed by atoms with Crippen LogP contribution < -0.4 is 0 Å². The van der Waals surface area contributed by atoms with Gasteiger partial charge >= 0.3 is 6.03 Å². The smallest absolute Gasteiger partial charge is 0.319 e. The Morgan fingerprint density at radius 3 is 2.56 bits per heavy atom. The number of Topliss-reactive ketones (excluding diaryl/α,β-unsaturated/α-hetero) is 1. The maximum Gasteiger partial charge on any atom is 0.320 e. The molecule has 0 saturated carbocycles. The van der Waals surface area contributed by atoms with Gasteiger partial charge in [-0.3, -0.25) is 4.79 Å². The highest BCUT2D eigenvalue weighted by Crippen LogP contribution is 2.28. The van der Waals surface area contributed by atoms with Crippen LogP contribution in [0.25, 0.3) is 0 Å². The lowest BCUT2D eigenvalue weighted by Gasteiger charge is -2.17. The number of amides is 2. The summed E-state index contributed by atoms with van der Waals surface area (Å²) in [6.45, 7) is 2.26. The fraction of sp³-hybridized carbons (Fsp3) is 0.385. The number of urea groups is 1. The highest BCUT2D eigenvalue weighted by Gasteiger charge is 2.35. The minimum Gasteiger partial charge on any atom is -0.319 e. The van der Waals surface area contributed by atoms with E-state index in [2.05, 4.69) is 15.9 Å². The molecule has 0 aliphatic carbocycles. The molecule has 0 radical (unpaired) electrons. The Bertz CT molecular complexity index is 472. The number of halogens is 1. The van der Waals surface area contributed by atoms with Crippen LogP contribution in [-0.2, 0) is 4.79 Å². The molecule has 0 N–H and O–H groups in total. The molecular formula is C13H15BrN2O2. The quantitative estimate of drug-likeness (QED) is 0.860. The predicted molar refractivity (Wildman–Crippen MR) is 72.3 cm³/mol. The molecule has 1 unspecified atom stereocenters. The molecule has 1 heterocycles. The van der Waals surface area contributed by atoms with Crippen LogP contribution in [-0.4, -0.2) is 41.8 Å². The van der Waals surface area contributed by atoms with E-state index in [1.807, 2.05) is 24.3 Å². The number of benzene rings is 1. The number of carbonyl (C=O) groups excluding carboxylic acids is 2. The first-order chi connectivity index (χ1) is 8.49. The minimum atomic E-state index is -0.0851. The average molecular weight is 311 g/mol. The summed E-state index contributed by atoms with van der Waals surface area (Å²) in [5, 5.41) is 0. The van der Waals surface area contributed by atoms with Gasteiger partial charge in [0.15, 0.2) is 0 Å². The van der Waals surface area contributed by atoms with Gasteiger partial charge in [0, 0.05) is 18.1 Å². The van der Waals surface area contributed by atoms with E-state index in [1.54, 1.807) is 16.8 Å². The fourth-order valence-corrected chi connectivity index (χ4v) is 2.44. The molecule has 0 aromatic heterocycles. The minimum absolute atomic E-state index is 0.00760. The van der Waals surface area contributed by atoms with Crippen LogP contribution in [0, 0.1) is 0 Å². The lowest BCUT2D eigenvalue weighted by Crippen LogP contribution is -2.32. The molecule has 0 spiro atoms. The average Bonchev–Trinajstić information content (AvgIpc) is 2.58. The maximum atomic E-state index is 12.0. The normalized spacial score (nSPS) is 19.5. The lowest BCUT2D eigenvalue weighted by molar-refractivity contribution is -0.117. The molecule has 1 saturated heterocycles. The molecule has 1 aromatic rings. The van der Waals surface area contributed by atoms with Crippen LogP contribution >= 0.6 is 15.9 Å². The zero-order chi connectivity index (χ0) is 13.3. The summed E-state index contributed by atoms with van der Waals surface area (Å²) >= 11 is 3.39. The number of rotatable bonds is 3. The Balaban J connectivity index is 2.18. The van der Waals surface area contributed by atoms with Gasteiger partial charge in [0.1, 0.15) is 5.78 Å². The monoisotopic (exact) mass is 310 g/mol. The van der Waals surface area contributed by atoms with Crippen LogP contribution in [0.15, 0.2) is 28.7 Å². The van der Waals surface area contributed by atoms with Crippen molar-refractivity contribution in [1.29, 1.82) is 0 Å². The van der Waals surface area contributed by atoms with Crippen LogP contribution in [0.5, 0.6) is 0 Å². The van der Waals surface area contributed by atoms with Crippen molar-refractivity contribution < 1.29 is 9.59 Å². The molecule has 2 rings (SSSR count). The summed E-state index contributed by atoms with van der Waals surface area (Å²) in [6, 6.07) is 7.84. The zero-order valence-corrected chi connectivity index (χ0v) is 12.0. The Morgan fingerprint density at radius 2 is 2.00 bits per heavy atom. The highest BCUT2D eigenvalue weighted by atomic mass is 79.9. The molecule has 1 aliphatic heterocycles. The Hall–Kier alpha value is -1.36. The van der Waals surface area contributed by atoms with Crippen molar-refractivity contribution in [3.05, 3.63) is 34.3 Å². The number of ketones is 1. The van der Waals surface area contributed by atoms with Crippen molar-refractivity contribution in [2.75, 3.05) is 20.1 Å². The molecule has 18 heavy (non-hydrogen) atoms. The topological polar surface area (TPSA) is 40.6 Å². The van der Waals surface area contributed by atoms with Gasteiger partial charge < -0.3 is 9.80 Å². The summed E-state index contributed by atoms with van der Waals surface area (Å²) in [5.74, 6) is 0.00760. The first kappa shape index (κ1) is 13.1. The van der Waals surface area contributed by atoms with E-state index in [0.717, 1.165) is 10.0 Å². The molecule has 4 nitrogen and oxygen atoms in total. The molecule has 5 heteroatoms. The van der Waals surface area contributed by atoms with Gasteiger partial charge in [-0.1, -0.05) is 28.1 Å². The molecule has 1 aliphatic rings. The van der Waals surface area contributed by atoms with E-state index < -0.39 is 0 Å². The SMILES string of the molecule is CC(=O)CN1CC(c2ccc(Br)cc2)N(C)C1=O. The van der Waals surface area contributed by atoms with E-state index in [4.69, 9.17) is 0 Å². The standard InChI is InChI=1S/C13H15BrN2O2/c1-9(17)7-16-8-12(15(2)13(16)18)10-3-5-11(14)6-4-10/h3-6,12H,7-8H2,1-2H3. The first-order valence-corrected chi connectivity index (χ1v) is 6.55. The molecule has 1 atom stereocenters. The van der Waals surface area contributed by atoms with Crippen LogP contribution in [0.1, 0.15) is 18.5 Å². The summed E-state index contributed by atoms with van der Waals surface area (Å²) in [5.41, 5.74) is 1.08. The second-order valence-electron chi connectivity index (χ2n) is 4.54. The zero-order valence-electron chi connectivity index (χ0n) is 10.4. The largest absolute Gasteiger partial charge is 0.320 e. The Kier molecular flexibility index (Phi) is 3.71. The molecule has 96 valence electrons. The van der Waals surface area contributed by atoms with E-state index in [9.17, 15) is 9.59 Å². The third kappa shape index (κ3) is 2.56. The maximum absolute atomic E-state index is 12.0. The van der Waals surface area contributed by atoms with E-state index in [0.29, 0.717) is 6.54 Å². The van der Waals surface area contributed by atoms with Gasteiger partial charge in [0.2, 0.25) is 0 Å². The van der Waals surface area contributed by atoms with Crippen LogP contribution in [0.4, 0.5) is 4.79 Å². The Labute approximate surface area is 115 Å². The van der Waals surface area contributed by atoms with Crippen LogP contribution in [0.3, 0.4) is 0 Å². The first-order valence-electron chi connectivity index (χ1n) is 5.75. The van der Waals surface area contributed by atoms with Crippen molar-refractivity contribution >= 4 is 27.7 Å². The second kappa shape index (κ2) is 5.10.